The molecule has 0 atom stereocenters. The van der Waals surface area contributed by atoms with Crippen LogP contribution in [0.15, 0.2) is 52.8 Å². The summed E-state index contributed by atoms with van der Waals surface area (Å²) in [5, 5.41) is 8.65. The van der Waals surface area contributed by atoms with Gasteiger partial charge < -0.3 is 25.0 Å². The molecule has 0 radical (unpaired) electrons. The number of aliphatic imine (C=N–C) groups is 1. The van der Waals surface area contributed by atoms with E-state index in [1.807, 2.05) is 30.3 Å². The fourth-order valence-electron chi connectivity index (χ4n) is 2.59. The van der Waals surface area contributed by atoms with Gasteiger partial charge in [-0.15, -0.1) is 11.3 Å². The summed E-state index contributed by atoms with van der Waals surface area (Å²) >= 11 is 1.74. The Balaban J connectivity index is 1.58. The van der Waals surface area contributed by atoms with Crippen LogP contribution in [0.2, 0.25) is 0 Å². The highest BCUT2D eigenvalue weighted by molar-refractivity contribution is 7.09. The number of carbonyl (C=O) groups excluding carboxylic acids is 1. The Labute approximate surface area is 189 Å². The quantitative estimate of drug-likeness (QED) is 0.265. The Morgan fingerprint density at radius 2 is 1.77 bits per heavy atom. The maximum atomic E-state index is 11.8. The van der Waals surface area contributed by atoms with E-state index in [0.717, 1.165) is 24.9 Å². The standard InChI is InChI=1S/C23H34N4O3S/c1-27(2)22(28)18-26-23(25-13-11-21-10-6-17-31-21)24-12-7-14-29-15-16-30-19-20-8-4-3-5-9-20/h3-6,8-10,17H,7,11-16,18-19H2,1-2H3,(H2,24,25,26). The van der Waals surface area contributed by atoms with E-state index in [0.29, 0.717) is 38.9 Å². The summed E-state index contributed by atoms with van der Waals surface area (Å²) in [4.78, 5) is 19.1. The van der Waals surface area contributed by atoms with Crippen LogP contribution < -0.4 is 10.6 Å². The molecule has 0 fully saturated rings. The molecule has 1 aromatic heterocycles. The van der Waals surface area contributed by atoms with Gasteiger partial charge in [-0.1, -0.05) is 36.4 Å². The first-order chi connectivity index (χ1) is 15.1. The van der Waals surface area contributed by atoms with Crippen molar-refractivity contribution in [1.82, 2.24) is 15.5 Å². The first-order valence-corrected chi connectivity index (χ1v) is 11.5. The van der Waals surface area contributed by atoms with Crippen LogP contribution in [0.5, 0.6) is 0 Å². The molecule has 170 valence electrons. The molecule has 2 N–H and O–H groups in total. The van der Waals surface area contributed by atoms with Crippen molar-refractivity contribution in [2.24, 2.45) is 4.99 Å². The van der Waals surface area contributed by atoms with E-state index in [2.05, 4.69) is 33.1 Å². The number of rotatable bonds is 14. The summed E-state index contributed by atoms with van der Waals surface area (Å²) in [6, 6.07) is 14.3. The number of amides is 1. The Hall–Kier alpha value is -2.42. The summed E-state index contributed by atoms with van der Waals surface area (Å²) in [6.07, 6.45) is 1.76. The topological polar surface area (TPSA) is 75.2 Å². The summed E-state index contributed by atoms with van der Waals surface area (Å²) in [5.41, 5.74) is 1.16. The normalized spacial score (nSPS) is 11.4. The molecule has 1 heterocycles. The maximum absolute atomic E-state index is 11.8. The molecular weight excluding hydrogens is 412 g/mol. The molecule has 2 rings (SSSR count). The Kier molecular flexibility index (Phi) is 12.3. The van der Waals surface area contributed by atoms with Crippen molar-refractivity contribution in [3.05, 3.63) is 58.3 Å². The first-order valence-electron chi connectivity index (χ1n) is 10.6. The number of nitrogens with one attached hydrogen (secondary N) is 2. The number of ether oxygens (including phenoxy) is 2. The van der Waals surface area contributed by atoms with Crippen LogP contribution in [0, 0.1) is 0 Å². The lowest BCUT2D eigenvalue weighted by Gasteiger charge is -2.14. The highest BCUT2D eigenvalue weighted by Gasteiger charge is 2.05. The van der Waals surface area contributed by atoms with E-state index < -0.39 is 0 Å². The van der Waals surface area contributed by atoms with Gasteiger partial charge >= 0.3 is 0 Å². The Morgan fingerprint density at radius 3 is 2.52 bits per heavy atom. The zero-order valence-electron chi connectivity index (χ0n) is 18.5. The largest absolute Gasteiger partial charge is 0.379 e. The molecule has 31 heavy (non-hydrogen) atoms. The van der Waals surface area contributed by atoms with Gasteiger partial charge in [0.15, 0.2) is 5.96 Å². The number of benzene rings is 1. The van der Waals surface area contributed by atoms with Crippen LogP contribution in [0.3, 0.4) is 0 Å². The Bertz CT molecular complexity index is 751. The second-order valence-electron chi connectivity index (χ2n) is 7.14. The summed E-state index contributed by atoms with van der Waals surface area (Å²) in [7, 11) is 3.46. The van der Waals surface area contributed by atoms with Gasteiger partial charge in [0.05, 0.1) is 19.8 Å². The van der Waals surface area contributed by atoms with Crippen LogP contribution in [0.1, 0.15) is 16.9 Å². The maximum Gasteiger partial charge on any atom is 0.243 e. The molecule has 0 saturated heterocycles. The molecule has 2 aromatic rings. The highest BCUT2D eigenvalue weighted by atomic mass is 32.1. The molecule has 0 aliphatic carbocycles. The molecule has 0 aliphatic heterocycles. The predicted octanol–water partition coefficient (Wildman–Crippen LogP) is 2.54. The van der Waals surface area contributed by atoms with Crippen LogP contribution in [-0.4, -0.2) is 70.3 Å². The minimum Gasteiger partial charge on any atom is -0.379 e. The minimum atomic E-state index is -0.0295. The van der Waals surface area contributed by atoms with Gasteiger partial charge in [-0.3, -0.25) is 4.79 Å². The third-order valence-corrected chi connectivity index (χ3v) is 5.29. The van der Waals surface area contributed by atoms with Gasteiger partial charge in [0, 0.05) is 38.7 Å². The van der Waals surface area contributed by atoms with Crippen LogP contribution in [-0.2, 0) is 27.3 Å². The second kappa shape index (κ2) is 15.4. The third kappa shape index (κ3) is 11.5. The molecule has 1 aromatic carbocycles. The number of nitrogens with zero attached hydrogens (tertiary/aromatic N) is 2. The molecule has 8 heteroatoms. The van der Waals surface area contributed by atoms with Crippen molar-refractivity contribution >= 4 is 23.2 Å². The molecule has 1 amide bonds. The summed E-state index contributed by atoms with van der Waals surface area (Å²) in [6.45, 7) is 3.99. The molecule has 0 aliphatic rings. The van der Waals surface area contributed by atoms with Gasteiger partial charge in [0.25, 0.3) is 0 Å². The lowest BCUT2D eigenvalue weighted by molar-refractivity contribution is -0.127. The SMILES string of the molecule is CN(C)C(=O)CN=C(NCCCOCCOCc1ccccc1)NCCc1cccs1. The minimum absolute atomic E-state index is 0.0295. The van der Waals surface area contributed by atoms with E-state index >= 15 is 0 Å². The van der Waals surface area contributed by atoms with E-state index in [1.54, 1.807) is 30.3 Å². The second-order valence-corrected chi connectivity index (χ2v) is 8.17. The van der Waals surface area contributed by atoms with Crippen LogP contribution in [0.4, 0.5) is 0 Å². The molecule has 0 spiro atoms. The summed E-state index contributed by atoms with van der Waals surface area (Å²) < 4.78 is 11.2. The van der Waals surface area contributed by atoms with Gasteiger partial charge in [0.2, 0.25) is 5.91 Å². The molecular formula is C23H34N4O3S. The zero-order valence-corrected chi connectivity index (χ0v) is 19.3. The van der Waals surface area contributed by atoms with E-state index in [9.17, 15) is 4.79 Å². The van der Waals surface area contributed by atoms with E-state index in [4.69, 9.17) is 9.47 Å². The van der Waals surface area contributed by atoms with Crippen LogP contribution >= 0.6 is 11.3 Å². The van der Waals surface area contributed by atoms with Gasteiger partial charge in [-0.2, -0.15) is 0 Å². The number of carbonyl (C=O) groups is 1. The van der Waals surface area contributed by atoms with Gasteiger partial charge in [-0.25, -0.2) is 4.99 Å². The number of thiophene rings is 1. The number of hydrogen-bond acceptors (Lipinski definition) is 5. The highest BCUT2D eigenvalue weighted by Crippen LogP contribution is 2.08. The fourth-order valence-corrected chi connectivity index (χ4v) is 3.30. The number of guanidine groups is 1. The fraction of sp³-hybridized carbons (Fsp3) is 0.478. The monoisotopic (exact) mass is 446 g/mol. The molecule has 7 nitrogen and oxygen atoms in total. The van der Waals surface area contributed by atoms with Crippen molar-refractivity contribution < 1.29 is 14.3 Å². The average Bonchev–Trinajstić information content (AvgIpc) is 3.29. The zero-order chi connectivity index (χ0) is 22.2. The Morgan fingerprint density at radius 1 is 1.00 bits per heavy atom. The molecule has 0 unspecified atom stereocenters. The smallest absolute Gasteiger partial charge is 0.243 e. The van der Waals surface area contributed by atoms with Gasteiger partial charge in [0.1, 0.15) is 6.54 Å². The lowest BCUT2D eigenvalue weighted by Crippen LogP contribution is -2.40. The lowest BCUT2D eigenvalue weighted by atomic mass is 10.2. The number of likely N-dealkylation sites (N-methyl/N-ethyl adjacent to an activating group) is 1. The predicted molar refractivity (Wildman–Crippen MR) is 127 cm³/mol. The number of hydrogen-bond donors (Lipinski definition) is 2. The molecule has 0 bridgehead atoms. The average molecular weight is 447 g/mol. The first kappa shape index (κ1) is 24.8. The van der Waals surface area contributed by atoms with Crippen molar-refractivity contribution in [2.45, 2.75) is 19.4 Å². The molecule has 0 saturated carbocycles. The van der Waals surface area contributed by atoms with Crippen molar-refractivity contribution in [2.75, 3.05) is 53.6 Å². The van der Waals surface area contributed by atoms with Gasteiger partial charge in [-0.05, 0) is 29.9 Å². The van der Waals surface area contributed by atoms with Crippen molar-refractivity contribution in [1.29, 1.82) is 0 Å². The third-order valence-electron chi connectivity index (χ3n) is 4.36. The van der Waals surface area contributed by atoms with Crippen molar-refractivity contribution in [3.8, 4) is 0 Å². The summed E-state index contributed by atoms with van der Waals surface area (Å²) in [5.74, 6) is 0.621. The van der Waals surface area contributed by atoms with Crippen LogP contribution in [0.25, 0.3) is 0 Å². The van der Waals surface area contributed by atoms with E-state index in [-0.39, 0.29) is 12.5 Å². The van der Waals surface area contributed by atoms with Crippen molar-refractivity contribution in [3.63, 3.8) is 0 Å². The van der Waals surface area contributed by atoms with E-state index in [1.165, 1.54) is 4.88 Å².